The summed E-state index contributed by atoms with van der Waals surface area (Å²) < 4.78 is 0. The van der Waals surface area contributed by atoms with Crippen molar-refractivity contribution in [1.82, 2.24) is 0 Å². The molecular weight excluding hydrogens is 154 g/mol. The van der Waals surface area contributed by atoms with Crippen LogP contribution in [-0.2, 0) is 0 Å². The van der Waals surface area contributed by atoms with Gasteiger partial charge in [0.2, 0.25) is 0 Å². The lowest BCUT2D eigenvalue weighted by Gasteiger charge is -2.08. The monoisotopic (exact) mass is 169 g/mol. The maximum atomic E-state index is 4.09. The topological polar surface area (TPSA) is 12.4 Å². The first kappa shape index (κ1) is 10.5. The van der Waals surface area contributed by atoms with Crippen molar-refractivity contribution in [2.24, 2.45) is 4.99 Å². The Morgan fingerprint density at radius 1 is 1.73 bits per heavy atom. The summed E-state index contributed by atoms with van der Waals surface area (Å²) in [6.45, 7) is 11.3. The van der Waals surface area contributed by atoms with E-state index < -0.39 is 0 Å². The molecule has 0 saturated carbocycles. The summed E-state index contributed by atoms with van der Waals surface area (Å²) in [5, 5.41) is 0. The number of aliphatic imine (C=N–C) groups is 1. The predicted octanol–water partition coefficient (Wildman–Crippen LogP) is 2.86. The van der Waals surface area contributed by atoms with Crippen LogP contribution in [0.2, 0.25) is 0 Å². The standard InChI is InChI=1S/C9H15NS/c1-5-9(6-7(2)11)8(3)10-4/h6,8,11H,2,4-5H2,1,3H3/b9-6+/t8-/m1/s1. The molecule has 1 atom stereocenters. The molecule has 0 aliphatic carbocycles. The number of rotatable bonds is 4. The Morgan fingerprint density at radius 2 is 2.27 bits per heavy atom. The number of allylic oxidation sites excluding steroid dienone is 1. The zero-order valence-electron chi connectivity index (χ0n) is 7.17. The van der Waals surface area contributed by atoms with E-state index in [1.54, 1.807) is 0 Å². The van der Waals surface area contributed by atoms with E-state index in [1.165, 1.54) is 5.57 Å². The number of nitrogens with zero attached hydrogens (tertiary/aromatic N) is 1. The van der Waals surface area contributed by atoms with Crippen LogP contribution >= 0.6 is 12.6 Å². The Bertz CT molecular complexity index is 182. The Balaban J connectivity index is 4.38. The lowest BCUT2D eigenvalue weighted by Crippen LogP contribution is -2.00. The van der Waals surface area contributed by atoms with Crippen molar-refractivity contribution in [3.63, 3.8) is 0 Å². The molecule has 0 amide bonds. The minimum atomic E-state index is 0.184. The van der Waals surface area contributed by atoms with Crippen molar-refractivity contribution in [3.05, 3.63) is 23.1 Å². The van der Waals surface area contributed by atoms with Crippen molar-refractivity contribution >= 4 is 19.3 Å². The quantitative estimate of drug-likeness (QED) is 0.377. The molecule has 11 heavy (non-hydrogen) atoms. The van der Waals surface area contributed by atoms with Crippen LogP contribution in [0, 0.1) is 0 Å². The second-order valence-corrected chi connectivity index (χ2v) is 3.00. The summed E-state index contributed by atoms with van der Waals surface area (Å²) in [6, 6.07) is 0.184. The molecule has 0 saturated heterocycles. The highest BCUT2D eigenvalue weighted by molar-refractivity contribution is 7.84. The number of hydrogen-bond donors (Lipinski definition) is 1. The molecule has 0 aromatic heterocycles. The molecule has 0 unspecified atom stereocenters. The van der Waals surface area contributed by atoms with Crippen LogP contribution in [0.5, 0.6) is 0 Å². The fourth-order valence-corrected chi connectivity index (χ4v) is 1.02. The fourth-order valence-electron chi connectivity index (χ4n) is 0.849. The Labute approximate surface area is 74.3 Å². The lowest BCUT2D eigenvalue weighted by atomic mass is 10.1. The molecule has 0 heterocycles. The third kappa shape index (κ3) is 4.04. The van der Waals surface area contributed by atoms with Crippen molar-refractivity contribution in [2.75, 3.05) is 0 Å². The molecule has 62 valence electrons. The molecule has 0 bridgehead atoms. The summed E-state index contributed by atoms with van der Waals surface area (Å²) in [5.74, 6) is 0. The number of hydrogen-bond acceptors (Lipinski definition) is 2. The van der Waals surface area contributed by atoms with Crippen LogP contribution < -0.4 is 0 Å². The van der Waals surface area contributed by atoms with E-state index in [0.29, 0.717) is 0 Å². The second-order valence-electron chi connectivity index (χ2n) is 2.42. The Morgan fingerprint density at radius 3 is 2.55 bits per heavy atom. The first-order chi connectivity index (χ1) is 5.11. The van der Waals surface area contributed by atoms with Gasteiger partial charge in [0.05, 0.1) is 6.04 Å². The first-order valence-electron chi connectivity index (χ1n) is 3.66. The van der Waals surface area contributed by atoms with E-state index in [1.807, 2.05) is 13.0 Å². The van der Waals surface area contributed by atoms with Crippen LogP contribution in [0.25, 0.3) is 0 Å². The van der Waals surface area contributed by atoms with Crippen LogP contribution in [0.4, 0.5) is 0 Å². The molecule has 2 heteroatoms. The summed E-state index contributed by atoms with van der Waals surface area (Å²) in [4.78, 5) is 4.69. The highest BCUT2D eigenvalue weighted by atomic mass is 32.1. The highest BCUT2D eigenvalue weighted by Gasteiger charge is 2.02. The van der Waals surface area contributed by atoms with E-state index >= 15 is 0 Å². The molecule has 0 aliphatic heterocycles. The number of thiol groups is 1. The van der Waals surface area contributed by atoms with Crippen LogP contribution in [0.15, 0.2) is 28.1 Å². The average molecular weight is 169 g/mol. The summed E-state index contributed by atoms with van der Waals surface area (Å²) in [7, 11) is 0. The fraction of sp³-hybridized carbons (Fsp3) is 0.444. The SMILES string of the molecule is C=N[C@H](C)/C(=C/C(=C)S)CC. The van der Waals surface area contributed by atoms with Crippen LogP contribution in [0.3, 0.4) is 0 Å². The summed E-state index contributed by atoms with van der Waals surface area (Å²) in [6.07, 6.45) is 2.92. The molecule has 0 N–H and O–H groups in total. The van der Waals surface area contributed by atoms with Gasteiger partial charge in [-0.05, 0) is 36.6 Å². The zero-order chi connectivity index (χ0) is 8.85. The van der Waals surface area contributed by atoms with Gasteiger partial charge in [0.15, 0.2) is 0 Å². The van der Waals surface area contributed by atoms with Crippen molar-refractivity contribution in [3.8, 4) is 0 Å². The van der Waals surface area contributed by atoms with Gasteiger partial charge in [0, 0.05) is 0 Å². The van der Waals surface area contributed by atoms with Gasteiger partial charge in [0.1, 0.15) is 0 Å². The van der Waals surface area contributed by atoms with Crippen molar-refractivity contribution < 1.29 is 0 Å². The maximum Gasteiger partial charge on any atom is 0.0677 e. The zero-order valence-corrected chi connectivity index (χ0v) is 8.06. The van der Waals surface area contributed by atoms with E-state index in [9.17, 15) is 0 Å². The molecule has 0 spiro atoms. The maximum absolute atomic E-state index is 4.09. The van der Waals surface area contributed by atoms with Crippen LogP contribution in [-0.4, -0.2) is 12.8 Å². The minimum Gasteiger partial charge on any atom is -0.293 e. The smallest absolute Gasteiger partial charge is 0.0677 e. The normalized spacial score (nSPS) is 14.3. The molecule has 0 radical (unpaired) electrons. The molecule has 0 aliphatic rings. The van der Waals surface area contributed by atoms with E-state index in [-0.39, 0.29) is 6.04 Å². The van der Waals surface area contributed by atoms with Crippen LogP contribution in [0.1, 0.15) is 20.3 Å². The minimum absolute atomic E-state index is 0.184. The molecule has 0 rings (SSSR count). The van der Waals surface area contributed by atoms with Gasteiger partial charge < -0.3 is 0 Å². The van der Waals surface area contributed by atoms with Gasteiger partial charge in [-0.1, -0.05) is 13.5 Å². The lowest BCUT2D eigenvalue weighted by molar-refractivity contribution is 0.822. The first-order valence-corrected chi connectivity index (χ1v) is 4.10. The van der Waals surface area contributed by atoms with Gasteiger partial charge in [0.25, 0.3) is 0 Å². The average Bonchev–Trinajstić information content (AvgIpc) is 1.98. The molecule has 0 aromatic carbocycles. The largest absolute Gasteiger partial charge is 0.293 e. The van der Waals surface area contributed by atoms with E-state index in [4.69, 9.17) is 0 Å². The van der Waals surface area contributed by atoms with Gasteiger partial charge in [-0.2, -0.15) is 0 Å². The van der Waals surface area contributed by atoms with Crippen molar-refractivity contribution in [1.29, 1.82) is 0 Å². The van der Waals surface area contributed by atoms with Crippen molar-refractivity contribution in [2.45, 2.75) is 26.3 Å². The molecule has 0 aromatic rings. The van der Waals surface area contributed by atoms with E-state index in [0.717, 1.165) is 11.3 Å². The van der Waals surface area contributed by atoms with Gasteiger partial charge in [-0.25, -0.2) is 0 Å². The van der Waals surface area contributed by atoms with Gasteiger partial charge in [-0.15, -0.1) is 12.6 Å². The van der Waals surface area contributed by atoms with Gasteiger partial charge >= 0.3 is 0 Å². The molecule has 0 fully saturated rings. The highest BCUT2D eigenvalue weighted by Crippen LogP contribution is 2.13. The van der Waals surface area contributed by atoms with Gasteiger partial charge in [-0.3, -0.25) is 4.99 Å². The predicted molar refractivity (Wildman–Crippen MR) is 55.5 cm³/mol. The summed E-state index contributed by atoms with van der Waals surface area (Å²) >= 11 is 4.09. The third-order valence-corrected chi connectivity index (χ3v) is 1.70. The molecular formula is C9H15NS. The third-order valence-electron chi connectivity index (χ3n) is 1.57. The van der Waals surface area contributed by atoms with E-state index in [2.05, 4.69) is 37.8 Å². The molecule has 1 nitrogen and oxygen atoms in total. The summed E-state index contributed by atoms with van der Waals surface area (Å²) in [5.41, 5.74) is 1.22. The Kier molecular flexibility index (Phi) is 4.95. The Hall–Kier alpha value is -0.500. The second kappa shape index (κ2) is 5.19.